The van der Waals surface area contributed by atoms with Crippen LogP contribution in [0.4, 0.5) is 11.4 Å². The Morgan fingerprint density at radius 1 is 1.33 bits per heavy atom. The second-order valence-electron chi connectivity index (χ2n) is 4.80. The molecule has 1 atom stereocenters. The molecule has 9 heteroatoms. The topological polar surface area (TPSA) is 108 Å². The van der Waals surface area contributed by atoms with Crippen LogP contribution in [-0.2, 0) is 11.8 Å². The van der Waals surface area contributed by atoms with E-state index in [1.807, 2.05) is 0 Å². The van der Waals surface area contributed by atoms with Gasteiger partial charge in [-0.2, -0.15) is 10.2 Å². The van der Waals surface area contributed by atoms with Gasteiger partial charge in [-0.1, -0.05) is 0 Å². The van der Waals surface area contributed by atoms with Gasteiger partial charge in [0.25, 0.3) is 0 Å². The molecule has 2 heterocycles. The normalized spacial score (nSPS) is 12.2. The molecule has 0 saturated heterocycles. The van der Waals surface area contributed by atoms with Crippen LogP contribution >= 0.6 is 0 Å². The minimum Gasteiger partial charge on any atom is -0.321 e. The number of nitrogens with one attached hydrogen (secondary N) is 1. The standard InChI is InChI=1S/C12H16N6O3/c1-7-10(5-16(4)14-7)13-12(19)9(3)17-6-11(18(20)21)8(2)15-17/h5-6,9H,1-4H3,(H,13,19). The van der Waals surface area contributed by atoms with E-state index >= 15 is 0 Å². The predicted molar refractivity (Wildman–Crippen MR) is 74.9 cm³/mol. The molecule has 1 N–H and O–H groups in total. The van der Waals surface area contributed by atoms with E-state index in [0.717, 1.165) is 0 Å². The van der Waals surface area contributed by atoms with Gasteiger partial charge in [0, 0.05) is 13.2 Å². The lowest BCUT2D eigenvalue weighted by Crippen LogP contribution is -2.24. The quantitative estimate of drug-likeness (QED) is 0.675. The number of carbonyl (C=O) groups excluding carboxylic acids is 1. The van der Waals surface area contributed by atoms with Gasteiger partial charge in [-0.25, -0.2) is 0 Å². The highest BCUT2D eigenvalue weighted by atomic mass is 16.6. The zero-order valence-corrected chi connectivity index (χ0v) is 12.2. The summed E-state index contributed by atoms with van der Waals surface area (Å²) in [5.41, 5.74) is 1.47. The van der Waals surface area contributed by atoms with Crippen molar-refractivity contribution in [3.63, 3.8) is 0 Å². The number of rotatable bonds is 4. The first-order valence-corrected chi connectivity index (χ1v) is 6.31. The number of hydrogen-bond acceptors (Lipinski definition) is 5. The number of aryl methyl sites for hydroxylation is 3. The van der Waals surface area contributed by atoms with E-state index in [4.69, 9.17) is 0 Å². The van der Waals surface area contributed by atoms with E-state index in [0.29, 0.717) is 11.4 Å². The number of anilines is 1. The molecule has 112 valence electrons. The van der Waals surface area contributed by atoms with Gasteiger partial charge in [0.05, 0.1) is 16.3 Å². The molecule has 0 fully saturated rings. The van der Waals surface area contributed by atoms with Gasteiger partial charge in [-0.15, -0.1) is 0 Å². The van der Waals surface area contributed by atoms with Crippen LogP contribution in [0.1, 0.15) is 24.4 Å². The van der Waals surface area contributed by atoms with Crippen molar-refractivity contribution in [3.05, 3.63) is 33.9 Å². The molecular weight excluding hydrogens is 276 g/mol. The summed E-state index contributed by atoms with van der Waals surface area (Å²) in [6.45, 7) is 4.94. The van der Waals surface area contributed by atoms with Gasteiger partial charge >= 0.3 is 5.69 Å². The van der Waals surface area contributed by atoms with Gasteiger partial charge in [-0.05, 0) is 20.8 Å². The van der Waals surface area contributed by atoms with Crippen LogP contribution in [0.25, 0.3) is 0 Å². The molecule has 1 unspecified atom stereocenters. The highest BCUT2D eigenvalue weighted by Gasteiger charge is 2.22. The summed E-state index contributed by atoms with van der Waals surface area (Å²) in [7, 11) is 1.76. The first-order chi connectivity index (χ1) is 9.79. The summed E-state index contributed by atoms with van der Waals surface area (Å²) in [6.07, 6.45) is 2.95. The number of carbonyl (C=O) groups is 1. The molecule has 0 saturated carbocycles. The van der Waals surface area contributed by atoms with Gasteiger partial charge in [0.2, 0.25) is 5.91 Å². The summed E-state index contributed by atoms with van der Waals surface area (Å²) >= 11 is 0. The molecule has 0 aliphatic heterocycles. The molecule has 0 aromatic carbocycles. The van der Waals surface area contributed by atoms with Crippen LogP contribution < -0.4 is 5.32 Å². The third kappa shape index (κ3) is 2.91. The fourth-order valence-corrected chi connectivity index (χ4v) is 1.93. The van der Waals surface area contributed by atoms with Crippen LogP contribution in [0.15, 0.2) is 12.4 Å². The van der Waals surface area contributed by atoms with Crippen molar-refractivity contribution in [3.8, 4) is 0 Å². The third-order valence-corrected chi connectivity index (χ3v) is 3.13. The maximum Gasteiger partial charge on any atom is 0.309 e. The Labute approximate surface area is 120 Å². The molecule has 0 aliphatic carbocycles. The Morgan fingerprint density at radius 3 is 2.48 bits per heavy atom. The maximum absolute atomic E-state index is 12.2. The maximum atomic E-state index is 12.2. The smallest absolute Gasteiger partial charge is 0.309 e. The van der Waals surface area contributed by atoms with Gasteiger partial charge in [-0.3, -0.25) is 24.3 Å². The third-order valence-electron chi connectivity index (χ3n) is 3.13. The van der Waals surface area contributed by atoms with Crippen LogP contribution in [0, 0.1) is 24.0 Å². The average Bonchev–Trinajstić information content (AvgIpc) is 2.92. The zero-order chi connectivity index (χ0) is 15.7. The van der Waals surface area contributed by atoms with E-state index in [1.54, 1.807) is 31.8 Å². The monoisotopic (exact) mass is 292 g/mol. The Bertz CT molecular complexity index is 702. The Balaban J connectivity index is 2.17. The summed E-state index contributed by atoms with van der Waals surface area (Å²) in [6, 6.07) is -0.669. The second kappa shape index (κ2) is 5.35. The van der Waals surface area contributed by atoms with E-state index < -0.39 is 11.0 Å². The lowest BCUT2D eigenvalue weighted by molar-refractivity contribution is -0.385. The first-order valence-electron chi connectivity index (χ1n) is 6.31. The summed E-state index contributed by atoms with van der Waals surface area (Å²) in [5.74, 6) is -0.316. The minimum atomic E-state index is -0.669. The molecular formula is C12H16N6O3. The SMILES string of the molecule is Cc1nn(C)cc1NC(=O)C(C)n1cc([N+](=O)[O-])c(C)n1. The Hall–Kier alpha value is -2.71. The van der Waals surface area contributed by atoms with Crippen molar-refractivity contribution < 1.29 is 9.72 Å². The van der Waals surface area contributed by atoms with Crippen molar-refractivity contribution >= 4 is 17.3 Å². The summed E-state index contributed by atoms with van der Waals surface area (Å²) in [4.78, 5) is 22.5. The van der Waals surface area contributed by atoms with Gasteiger partial charge < -0.3 is 5.32 Å². The van der Waals surface area contributed by atoms with Crippen LogP contribution in [0.5, 0.6) is 0 Å². The summed E-state index contributed by atoms with van der Waals surface area (Å²) < 4.78 is 2.88. The lowest BCUT2D eigenvalue weighted by atomic mass is 10.3. The van der Waals surface area contributed by atoms with Crippen molar-refractivity contribution in [1.82, 2.24) is 19.6 Å². The number of aromatic nitrogens is 4. The fraction of sp³-hybridized carbons (Fsp3) is 0.417. The number of nitrogens with zero attached hydrogens (tertiary/aromatic N) is 5. The Kier molecular flexibility index (Phi) is 3.74. The largest absolute Gasteiger partial charge is 0.321 e. The predicted octanol–water partition coefficient (Wildman–Crippen LogP) is 1.34. The zero-order valence-electron chi connectivity index (χ0n) is 12.2. The van der Waals surface area contributed by atoms with Crippen LogP contribution in [-0.4, -0.2) is 30.4 Å². The van der Waals surface area contributed by atoms with Crippen LogP contribution in [0.2, 0.25) is 0 Å². The van der Waals surface area contributed by atoms with Crippen LogP contribution in [0.3, 0.4) is 0 Å². The molecule has 2 aromatic rings. The molecule has 2 aromatic heterocycles. The number of hydrogen-bond donors (Lipinski definition) is 1. The number of amides is 1. The summed E-state index contributed by atoms with van der Waals surface area (Å²) in [5, 5.41) is 21.7. The van der Waals surface area contributed by atoms with E-state index in [1.165, 1.54) is 17.8 Å². The van der Waals surface area contributed by atoms with Crippen molar-refractivity contribution in [2.24, 2.45) is 7.05 Å². The van der Waals surface area contributed by atoms with E-state index in [-0.39, 0.29) is 17.3 Å². The van der Waals surface area contributed by atoms with E-state index in [9.17, 15) is 14.9 Å². The minimum absolute atomic E-state index is 0.104. The van der Waals surface area contributed by atoms with Gasteiger partial charge in [0.15, 0.2) is 0 Å². The first kappa shape index (κ1) is 14.7. The molecule has 0 bridgehead atoms. The molecule has 0 radical (unpaired) electrons. The fourth-order valence-electron chi connectivity index (χ4n) is 1.93. The number of nitro groups is 1. The highest BCUT2D eigenvalue weighted by molar-refractivity contribution is 5.93. The molecule has 1 amide bonds. The van der Waals surface area contributed by atoms with Crippen molar-refractivity contribution in [2.75, 3.05) is 5.32 Å². The van der Waals surface area contributed by atoms with Gasteiger partial charge in [0.1, 0.15) is 17.9 Å². The van der Waals surface area contributed by atoms with Crippen molar-refractivity contribution in [2.45, 2.75) is 26.8 Å². The molecule has 0 spiro atoms. The van der Waals surface area contributed by atoms with Crippen molar-refractivity contribution in [1.29, 1.82) is 0 Å². The highest BCUT2D eigenvalue weighted by Crippen LogP contribution is 2.20. The second-order valence-corrected chi connectivity index (χ2v) is 4.80. The average molecular weight is 292 g/mol. The molecule has 9 nitrogen and oxygen atoms in total. The molecule has 2 rings (SSSR count). The molecule has 21 heavy (non-hydrogen) atoms. The Morgan fingerprint density at radius 2 is 2.00 bits per heavy atom. The van der Waals surface area contributed by atoms with E-state index in [2.05, 4.69) is 15.5 Å². The molecule has 0 aliphatic rings. The lowest BCUT2D eigenvalue weighted by Gasteiger charge is -2.11.